The molecule has 2 unspecified atom stereocenters. The minimum atomic E-state index is -0.479. The van der Waals surface area contributed by atoms with Crippen LogP contribution in [0.15, 0.2) is 0 Å². The number of ether oxygens (including phenoxy) is 1. The molecule has 0 amide bonds. The second-order valence-corrected chi connectivity index (χ2v) is 3.89. The molecule has 0 aromatic rings. The summed E-state index contributed by atoms with van der Waals surface area (Å²) in [6, 6.07) is 0. The van der Waals surface area contributed by atoms with Crippen molar-refractivity contribution in [2.45, 2.75) is 52.1 Å². The lowest BCUT2D eigenvalue weighted by molar-refractivity contribution is -0.0334. The molecule has 0 heterocycles. The monoisotopic (exact) mass is 188 g/mol. The first-order chi connectivity index (χ1) is 6.10. The molecule has 0 aromatic heterocycles. The van der Waals surface area contributed by atoms with Gasteiger partial charge in [0, 0.05) is 13.7 Å². The smallest absolute Gasteiger partial charge is 0.0671 e. The fourth-order valence-corrected chi connectivity index (χ4v) is 1.77. The second-order valence-electron chi connectivity index (χ2n) is 3.89. The molecule has 0 radical (unpaired) electrons. The zero-order chi connectivity index (χ0) is 10.3. The molecule has 0 aliphatic rings. The van der Waals surface area contributed by atoms with Gasteiger partial charge in [0.15, 0.2) is 0 Å². The molecule has 2 nitrogen and oxygen atoms in total. The van der Waals surface area contributed by atoms with Crippen LogP contribution in [-0.4, -0.2) is 24.4 Å². The highest BCUT2D eigenvalue weighted by Crippen LogP contribution is 2.28. The second kappa shape index (κ2) is 6.39. The highest BCUT2D eigenvalue weighted by atomic mass is 16.5. The lowest BCUT2D eigenvalue weighted by Crippen LogP contribution is -2.36. The summed E-state index contributed by atoms with van der Waals surface area (Å²) in [5, 5.41) is 10.3. The number of hydrogen-bond donors (Lipinski definition) is 1. The van der Waals surface area contributed by atoms with Crippen LogP contribution in [0.25, 0.3) is 0 Å². The number of rotatable bonds is 7. The van der Waals surface area contributed by atoms with E-state index in [0.29, 0.717) is 5.92 Å². The quantitative estimate of drug-likeness (QED) is 0.665. The van der Waals surface area contributed by atoms with Gasteiger partial charge in [-0.1, -0.05) is 27.2 Å². The van der Waals surface area contributed by atoms with Gasteiger partial charge in [-0.3, -0.25) is 0 Å². The van der Waals surface area contributed by atoms with E-state index in [1.165, 1.54) is 0 Å². The molecule has 2 heteroatoms. The third kappa shape index (κ3) is 4.10. The average molecular weight is 188 g/mol. The van der Waals surface area contributed by atoms with Crippen LogP contribution in [0.4, 0.5) is 0 Å². The minimum Gasteiger partial charge on any atom is -0.390 e. The molecule has 0 aliphatic carbocycles. The van der Waals surface area contributed by atoms with Crippen LogP contribution in [0.5, 0.6) is 0 Å². The normalized spacial score (nSPS) is 18.2. The zero-order valence-corrected chi connectivity index (χ0v) is 9.47. The summed E-state index contributed by atoms with van der Waals surface area (Å²) in [6.45, 7) is 7.02. The van der Waals surface area contributed by atoms with Gasteiger partial charge in [-0.2, -0.15) is 0 Å². The molecule has 2 atom stereocenters. The topological polar surface area (TPSA) is 29.5 Å². The molecule has 0 spiro atoms. The van der Waals surface area contributed by atoms with Gasteiger partial charge in [0.1, 0.15) is 0 Å². The van der Waals surface area contributed by atoms with Crippen molar-refractivity contribution in [1.29, 1.82) is 0 Å². The van der Waals surface area contributed by atoms with Crippen LogP contribution >= 0.6 is 0 Å². The molecule has 1 N–H and O–H groups in total. The summed E-state index contributed by atoms with van der Waals surface area (Å²) < 4.78 is 5.02. The Labute approximate surface area is 82.3 Å². The maximum Gasteiger partial charge on any atom is 0.0671 e. The van der Waals surface area contributed by atoms with E-state index in [-0.39, 0.29) is 0 Å². The molecule has 0 saturated heterocycles. The van der Waals surface area contributed by atoms with Crippen LogP contribution in [0.3, 0.4) is 0 Å². The van der Waals surface area contributed by atoms with Crippen molar-refractivity contribution >= 4 is 0 Å². The third-order valence-corrected chi connectivity index (χ3v) is 2.97. The SMILES string of the molecule is CCCC(O)(CC)C(C)CCOC. The number of aliphatic hydroxyl groups is 1. The Balaban J connectivity index is 4.03. The van der Waals surface area contributed by atoms with Crippen molar-refractivity contribution in [3.05, 3.63) is 0 Å². The van der Waals surface area contributed by atoms with Crippen LogP contribution < -0.4 is 0 Å². The minimum absolute atomic E-state index is 0.331. The van der Waals surface area contributed by atoms with E-state index in [1.807, 2.05) is 0 Å². The molecule has 0 bridgehead atoms. The number of methoxy groups -OCH3 is 1. The molecule has 0 saturated carbocycles. The summed E-state index contributed by atoms with van der Waals surface area (Å²) in [5.41, 5.74) is -0.479. The highest BCUT2D eigenvalue weighted by molar-refractivity contribution is 4.82. The van der Waals surface area contributed by atoms with E-state index in [1.54, 1.807) is 7.11 Å². The average Bonchev–Trinajstić information content (AvgIpc) is 2.14. The third-order valence-electron chi connectivity index (χ3n) is 2.97. The standard InChI is InChI=1S/C11H24O2/c1-5-8-11(12,6-2)10(3)7-9-13-4/h10,12H,5-9H2,1-4H3. The van der Waals surface area contributed by atoms with E-state index in [4.69, 9.17) is 4.74 Å². The fourth-order valence-electron chi connectivity index (χ4n) is 1.77. The lowest BCUT2D eigenvalue weighted by Gasteiger charge is -2.33. The zero-order valence-electron chi connectivity index (χ0n) is 9.47. The number of hydrogen-bond acceptors (Lipinski definition) is 2. The van der Waals surface area contributed by atoms with Gasteiger partial charge < -0.3 is 9.84 Å². The predicted molar refractivity (Wildman–Crippen MR) is 55.8 cm³/mol. The fraction of sp³-hybridized carbons (Fsp3) is 1.00. The van der Waals surface area contributed by atoms with Crippen LogP contribution in [0.1, 0.15) is 46.5 Å². The predicted octanol–water partition coefficient (Wildman–Crippen LogP) is 2.60. The van der Waals surface area contributed by atoms with Gasteiger partial charge >= 0.3 is 0 Å². The van der Waals surface area contributed by atoms with Gasteiger partial charge in [0.2, 0.25) is 0 Å². The summed E-state index contributed by atoms with van der Waals surface area (Å²) in [7, 11) is 1.71. The maximum absolute atomic E-state index is 10.3. The maximum atomic E-state index is 10.3. The molecule has 0 aliphatic heterocycles. The molecule has 0 aromatic carbocycles. The van der Waals surface area contributed by atoms with Gasteiger partial charge in [-0.15, -0.1) is 0 Å². The molecule has 80 valence electrons. The first-order valence-electron chi connectivity index (χ1n) is 5.32. The van der Waals surface area contributed by atoms with Gasteiger partial charge in [0.25, 0.3) is 0 Å². The van der Waals surface area contributed by atoms with E-state index < -0.39 is 5.60 Å². The van der Waals surface area contributed by atoms with E-state index in [0.717, 1.165) is 32.3 Å². The molecule has 0 fully saturated rings. The Kier molecular flexibility index (Phi) is 6.35. The van der Waals surface area contributed by atoms with Crippen LogP contribution in [-0.2, 0) is 4.74 Å². The van der Waals surface area contributed by atoms with Crippen molar-refractivity contribution in [2.24, 2.45) is 5.92 Å². The van der Waals surface area contributed by atoms with Crippen molar-refractivity contribution in [1.82, 2.24) is 0 Å². The molecule has 13 heavy (non-hydrogen) atoms. The Hall–Kier alpha value is -0.0800. The Bertz CT molecular complexity index is 125. The summed E-state index contributed by atoms with van der Waals surface area (Å²) in [5.74, 6) is 0.331. The van der Waals surface area contributed by atoms with Gasteiger partial charge in [-0.05, 0) is 25.2 Å². The first kappa shape index (κ1) is 12.9. The first-order valence-corrected chi connectivity index (χ1v) is 5.32. The lowest BCUT2D eigenvalue weighted by atomic mass is 9.81. The van der Waals surface area contributed by atoms with Crippen molar-refractivity contribution < 1.29 is 9.84 Å². The van der Waals surface area contributed by atoms with E-state index in [2.05, 4.69) is 20.8 Å². The summed E-state index contributed by atoms with van der Waals surface area (Å²) >= 11 is 0. The van der Waals surface area contributed by atoms with E-state index >= 15 is 0 Å². The van der Waals surface area contributed by atoms with Crippen LogP contribution in [0, 0.1) is 5.92 Å². The van der Waals surface area contributed by atoms with Crippen molar-refractivity contribution in [2.75, 3.05) is 13.7 Å². The Morgan fingerprint density at radius 2 is 2.00 bits per heavy atom. The van der Waals surface area contributed by atoms with Gasteiger partial charge in [0.05, 0.1) is 5.60 Å². The van der Waals surface area contributed by atoms with Crippen molar-refractivity contribution in [3.8, 4) is 0 Å². The molecule has 0 rings (SSSR count). The molecular formula is C11H24O2. The largest absolute Gasteiger partial charge is 0.390 e. The summed E-state index contributed by atoms with van der Waals surface area (Å²) in [4.78, 5) is 0. The highest BCUT2D eigenvalue weighted by Gasteiger charge is 2.30. The van der Waals surface area contributed by atoms with Gasteiger partial charge in [-0.25, -0.2) is 0 Å². The Morgan fingerprint density at radius 3 is 2.38 bits per heavy atom. The summed E-state index contributed by atoms with van der Waals surface area (Å²) in [6.07, 6.45) is 3.72. The van der Waals surface area contributed by atoms with E-state index in [9.17, 15) is 5.11 Å². The van der Waals surface area contributed by atoms with Crippen molar-refractivity contribution in [3.63, 3.8) is 0 Å². The Morgan fingerprint density at radius 1 is 1.38 bits per heavy atom. The molecular weight excluding hydrogens is 164 g/mol. The van der Waals surface area contributed by atoms with Crippen LogP contribution in [0.2, 0.25) is 0 Å².